The van der Waals surface area contributed by atoms with Crippen molar-refractivity contribution in [2.24, 2.45) is 5.73 Å². The van der Waals surface area contributed by atoms with E-state index < -0.39 is 12.0 Å². The number of amides is 1. The van der Waals surface area contributed by atoms with Gasteiger partial charge in [-0.05, 0) is 6.07 Å². The maximum atomic E-state index is 11.2. The van der Waals surface area contributed by atoms with Gasteiger partial charge in [-0.25, -0.2) is 4.79 Å². The summed E-state index contributed by atoms with van der Waals surface area (Å²) in [5.74, 6) is -1.47. The predicted octanol–water partition coefficient (Wildman–Crippen LogP) is -1.20. The fourth-order valence-electron chi connectivity index (χ4n) is 1.18. The van der Waals surface area contributed by atoms with E-state index in [0.29, 0.717) is 0 Å². The van der Waals surface area contributed by atoms with Crippen molar-refractivity contribution in [1.82, 2.24) is 15.1 Å². The van der Waals surface area contributed by atoms with Crippen molar-refractivity contribution in [3.63, 3.8) is 0 Å². The zero-order valence-electron chi connectivity index (χ0n) is 8.67. The lowest BCUT2D eigenvalue weighted by atomic mass is 10.2. The molecule has 0 bridgehead atoms. The number of carboxylic acid groups (broad SMARTS) is 1. The lowest BCUT2D eigenvalue weighted by Crippen LogP contribution is -2.44. The molecule has 1 heterocycles. The van der Waals surface area contributed by atoms with Crippen LogP contribution in [0.4, 0.5) is 0 Å². The summed E-state index contributed by atoms with van der Waals surface area (Å²) >= 11 is 0. The Hall–Kier alpha value is -1.89. The van der Waals surface area contributed by atoms with Crippen LogP contribution in [0.2, 0.25) is 0 Å². The van der Waals surface area contributed by atoms with Gasteiger partial charge in [-0.15, -0.1) is 0 Å². The van der Waals surface area contributed by atoms with Gasteiger partial charge in [-0.3, -0.25) is 9.48 Å². The average Bonchev–Trinajstić information content (AvgIpc) is 2.69. The minimum absolute atomic E-state index is 0.0959. The number of aromatic nitrogens is 2. The topological polar surface area (TPSA) is 110 Å². The third-order valence-corrected chi connectivity index (χ3v) is 1.93. The molecule has 1 aromatic rings. The Bertz CT molecular complexity index is 350. The van der Waals surface area contributed by atoms with Crippen molar-refractivity contribution >= 4 is 11.9 Å². The van der Waals surface area contributed by atoms with Crippen LogP contribution in [0.5, 0.6) is 0 Å². The number of hydrogen-bond donors (Lipinski definition) is 3. The van der Waals surface area contributed by atoms with Gasteiger partial charge in [0.1, 0.15) is 6.04 Å². The summed E-state index contributed by atoms with van der Waals surface area (Å²) in [5.41, 5.74) is 5.19. The van der Waals surface area contributed by atoms with Gasteiger partial charge in [0.15, 0.2) is 0 Å². The van der Waals surface area contributed by atoms with Crippen molar-refractivity contribution in [1.29, 1.82) is 0 Å². The van der Waals surface area contributed by atoms with E-state index >= 15 is 0 Å². The fraction of sp³-hybridized carbons (Fsp3) is 0.444. The standard InChI is InChI=1S/C9H14N4O3/c10-3-2-8(14)12-7(9(15)16)6-13-5-1-4-11-13/h1,4-5,7H,2-3,6,10H2,(H,12,14)(H,15,16). The number of nitrogens with two attached hydrogens (primary N) is 1. The summed E-state index contributed by atoms with van der Waals surface area (Å²) < 4.78 is 1.45. The summed E-state index contributed by atoms with van der Waals surface area (Å²) in [6.07, 6.45) is 3.29. The molecule has 0 radical (unpaired) electrons. The summed E-state index contributed by atoms with van der Waals surface area (Å²) in [4.78, 5) is 22.1. The number of nitrogens with zero attached hydrogens (tertiary/aromatic N) is 2. The molecule has 0 saturated carbocycles. The third-order valence-electron chi connectivity index (χ3n) is 1.93. The molecular formula is C9H14N4O3. The highest BCUT2D eigenvalue weighted by molar-refractivity contribution is 5.83. The van der Waals surface area contributed by atoms with Gasteiger partial charge in [0.05, 0.1) is 6.54 Å². The highest BCUT2D eigenvalue weighted by atomic mass is 16.4. The van der Waals surface area contributed by atoms with Crippen molar-refractivity contribution < 1.29 is 14.7 Å². The van der Waals surface area contributed by atoms with Crippen LogP contribution >= 0.6 is 0 Å². The molecule has 7 heteroatoms. The van der Waals surface area contributed by atoms with Crippen molar-refractivity contribution in [3.05, 3.63) is 18.5 Å². The maximum absolute atomic E-state index is 11.2. The number of aliphatic carboxylic acids is 1. The van der Waals surface area contributed by atoms with E-state index in [9.17, 15) is 9.59 Å². The van der Waals surface area contributed by atoms with Crippen LogP contribution in [0.15, 0.2) is 18.5 Å². The van der Waals surface area contributed by atoms with Crippen LogP contribution in [0.3, 0.4) is 0 Å². The first-order chi connectivity index (χ1) is 7.63. The van der Waals surface area contributed by atoms with Gasteiger partial charge in [-0.2, -0.15) is 5.10 Å². The average molecular weight is 226 g/mol. The molecule has 0 aliphatic heterocycles. The van der Waals surface area contributed by atoms with E-state index in [-0.39, 0.29) is 25.4 Å². The molecule has 1 amide bonds. The number of carbonyl (C=O) groups is 2. The molecule has 88 valence electrons. The minimum atomic E-state index is -1.10. The molecular weight excluding hydrogens is 212 g/mol. The Morgan fingerprint density at radius 2 is 2.31 bits per heavy atom. The molecule has 0 spiro atoms. The molecule has 0 aliphatic rings. The van der Waals surface area contributed by atoms with E-state index in [1.165, 1.54) is 4.68 Å². The van der Waals surface area contributed by atoms with E-state index in [4.69, 9.17) is 10.8 Å². The first kappa shape index (κ1) is 12.2. The second-order valence-electron chi connectivity index (χ2n) is 3.23. The molecule has 1 aromatic heterocycles. The lowest BCUT2D eigenvalue weighted by molar-refractivity contribution is -0.142. The Morgan fingerprint density at radius 1 is 1.56 bits per heavy atom. The molecule has 4 N–H and O–H groups in total. The molecule has 0 fully saturated rings. The first-order valence-corrected chi connectivity index (χ1v) is 4.83. The zero-order chi connectivity index (χ0) is 12.0. The highest BCUT2D eigenvalue weighted by Crippen LogP contribution is 1.93. The molecule has 1 rings (SSSR count). The summed E-state index contributed by atoms with van der Waals surface area (Å²) in [6, 6.07) is 0.694. The Morgan fingerprint density at radius 3 is 2.81 bits per heavy atom. The van der Waals surface area contributed by atoms with E-state index in [2.05, 4.69) is 10.4 Å². The Kier molecular flexibility index (Phi) is 4.46. The van der Waals surface area contributed by atoms with Crippen LogP contribution < -0.4 is 11.1 Å². The SMILES string of the molecule is NCCC(=O)NC(Cn1cccn1)C(=O)O. The molecule has 7 nitrogen and oxygen atoms in total. The van der Waals surface area contributed by atoms with Crippen molar-refractivity contribution in [2.75, 3.05) is 6.54 Å². The maximum Gasteiger partial charge on any atom is 0.328 e. The number of rotatable bonds is 6. The normalized spacial score (nSPS) is 12.1. The van der Waals surface area contributed by atoms with Gasteiger partial charge in [0, 0.05) is 25.4 Å². The largest absolute Gasteiger partial charge is 0.480 e. The van der Waals surface area contributed by atoms with Crippen LogP contribution in [0.25, 0.3) is 0 Å². The number of carboxylic acids is 1. The van der Waals surface area contributed by atoms with Gasteiger partial charge >= 0.3 is 5.97 Å². The fourth-order valence-corrected chi connectivity index (χ4v) is 1.18. The number of nitrogens with one attached hydrogen (secondary N) is 1. The highest BCUT2D eigenvalue weighted by Gasteiger charge is 2.20. The lowest BCUT2D eigenvalue weighted by Gasteiger charge is -2.14. The van der Waals surface area contributed by atoms with Crippen LogP contribution in [0, 0.1) is 0 Å². The van der Waals surface area contributed by atoms with E-state index in [1.54, 1.807) is 18.5 Å². The summed E-state index contributed by atoms with van der Waals surface area (Å²) in [7, 11) is 0. The van der Waals surface area contributed by atoms with Crippen LogP contribution in [0.1, 0.15) is 6.42 Å². The zero-order valence-corrected chi connectivity index (χ0v) is 8.67. The quantitative estimate of drug-likeness (QED) is 0.564. The molecule has 0 aliphatic carbocycles. The molecule has 16 heavy (non-hydrogen) atoms. The monoisotopic (exact) mass is 226 g/mol. The summed E-state index contributed by atoms with van der Waals surface area (Å²) in [5, 5.41) is 15.1. The number of carbonyl (C=O) groups excluding carboxylic acids is 1. The van der Waals surface area contributed by atoms with Crippen molar-refractivity contribution in [3.8, 4) is 0 Å². The van der Waals surface area contributed by atoms with E-state index in [1.807, 2.05) is 0 Å². The van der Waals surface area contributed by atoms with Gasteiger partial charge in [0.2, 0.25) is 5.91 Å². The molecule has 0 saturated heterocycles. The third kappa shape index (κ3) is 3.70. The Labute approximate surface area is 92.2 Å². The summed E-state index contributed by atoms with van der Waals surface area (Å²) in [6.45, 7) is 0.290. The first-order valence-electron chi connectivity index (χ1n) is 4.83. The van der Waals surface area contributed by atoms with Crippen molar-refractivity contribution in [2.45, 2.75) is 19.0 Å². The van der Waals surface area contributed by atoms with Crippen LogP contribution in [-0.2, 0) is 16.1 Å². The smallest absolute Gasteiger partial charge is 0.328 e. The van der Waals surface area contributed by atoms with Gasteiger partial charge in [0.25, 0.3) is 0 Å². The van der Waals surface area contributed by atoms with E-state index in [0.717, 1.165) is 0 Å². The molecule has 1 atom stereocenters. The second kappa shape index (κ2) is 5.86. The van der Waals surface area contributed by atoms with Gasteiger partial charge < -0.3 is 16.2 Å². The molecule has 1 unspecified atom stereocenters. The second-order valence-corrected chi connectivity index (χ2v) is 3.23. The predicted molar refractivity (Wildman–Crippen MR) is 55.5 cm³/mol. The Balaban J connectivity index is 2.54. The number of hydrogen-bond acceptors (Lipinski definition) is 4. The van der Waals surface area contributed by atoms with Gasteiger partial charge in [-0.1, -0.05) is 0 Å². The minimum Gasteiger partial charge on any atom is -0.480 e. The van der Waals surface area contributed by atoms with Crippen LogP contribution in [-0.4, -0.2) is 39.4 Å². The molecule has 0 aromatic carbocycles.